The van der Waals surface area contributed by atoms with Crippen molar-refractivity contribution < 1.29 is 18.3 Å². The van der Waals surface area contributed by atoms with Crippen molar-refractivity contribution in [1.29, 1.82) is 0 Å². The van der Waals surface area contributed by atoms with Crippen LogP contribution in [-0.4, -0.2) is 26.0 Å². The number of benzene rings is 1. The number of thiophene rings is 1. The Labute approximate surface area is 133 Å². The number of para-hydroxylation sites is 1. The summed E-state index contributed by atoms with van der Waals surface area (Å²) in [6.45, 7) is 2.21. The molecule has 2 rings (SSSR count). The van der Waals surface area contributed by atoms with Crippen LogP contribution in [0.3, 0.4) is 0 Å². The number of carbonyl (C=O) groups is 1. The van der Waals surface area contributed by atoms with E-state index in [1.807, 2.05) is 6.92 Å². The van der Waals surface area contributed by atoms with E-state index in [1.54, 1.807) is 22.9 Å². The lowest BCUT2D eigenvalue weighted by Crippen LogP contribution is -2.33. The van der Waals surface area contributed by atoms with Gasteiger partial charge in [0.15, 0.2) is 0 Å². The predicted octanol–water partition coefficient (Wildman–Crippen LogP) is 3.44. The average Bonchev–Trinajstić information content (AvgIpc) is 3.03. The third-order valence-electron chi connectivity index (χ3n) is 3.20. The highest BCUT2D eigenvalue weighted by atomic mass is 32.2. The summed E-state index contributed by atoms with van der Waals surface area (Å²) in [4.78, 5) is 11.6. The molecule has 0 fully saturated rings. The molecule has 0 radical (unpaired) electrons. The van der Waals surface area contributed by atoms with Crippen LogP contribution >= 0.6 is 11.3 Å². The number of aromatic carboxylic acids is 1. The third-order valence-corrected chi connectivity index (χ3v) is 5.84. The van der Waals surface area contributed by atoms with Gasteiger partial charge < -0.3 is 5.11 Å². The molecule has 1 aromatic carbocycles. The standard InChI is InChI=1S/C15H17NO4S2/c1-2-3-9-16(22(19,20)12-8-10-21-11-12)14-7-5-4-6-13(14)15(17)18/h4-8,10-11H,2-3,9H2,1H3,(H,17,18). The van der Waals surface area contributed by atoms with Crippen LogP contribution in [0, 0.1) is 0 Å². The maximum atomic E-state index is 12.8. The first-order valence-corrected chi connectivity index (χ1v) is 9.24. The minimum atomic E-state index is -3.76. The second kappa shape index (κ2) is 6.93. The molecule has 0 saturated heterocycles. The number of rotatable bonds is 7. The van der Waals surface area contributed by atoms with Crippen molar-refractivity contribution in [3.63, 3.8) is 0 Å². The molecule has 0 bridgehead atoms. The van der Waals surface area contributed by atoms with Gasteiger partial charge in [-0.3, -0.25) is 4.31 Å². The molecule has 7 heteroatoms. The number of nitrogens with zero attached hydrogens (tertiary/aromatic N) is 1. The lowest BCUT2D eigenvalue weighted by atomic mass is 10.1. The van der Waals surface area contributed by atoms with Gasteiger partial charge in [0, 0.05) is 11.9 Å². The van der Waals surface area contributed by atoms with Gasteiger partial charge in [-0.25, -0.2) is 13.2 Å². The Kier molecular flexibility index (Phi) is 5.20. The predicted molar refractivity (Wildman–Crippen MR) is 87.2 cm³/mol. The summed E-state index contributed by atoms with van der Waals surface area (Å²) in [7, 11) is -3.76. The fraction of sp³-hybridized carbons (Fsp3) is 0.267. The molecule has 0 amide bonds. The minimum Gasteiger partial charge on any atom is -0.478 e. The monoisotopic (exact) mass is 339 g/mol. The molecule has 0 spiro atoms. The zero-order valence-corrected chi connectivity index (χ0v) is 13.7. The Morgan fingerprint density at radius 1 is 1.27 bits per heavy atom. The number of hydrogen-bond donors (Lipinski definition) is 1. The van der Waals surface area contributed by atoms with Crippen molar-refractivity contribution in [1.82, 2.24) is 0 Å². The third kappa shape index (κ3) is 3.31. The zero-order valence-electron chi connectivity index (χ0n) is 12.1. The number of hydrogen-bond acceptors (Lipinski definition) is 4. The lowest BCUT2D eigenvalue weighted by molar-refractivity contribution is 0.0698. The number of anilines is 1. The highest BCUT2D eigenvalue weighted by molar-refractivity contribution is 7.93. The van der Waals surface area contributed by atoms with Crippen LogP contribution in [0.25, 0.3) is 0 Å². The molecule has 1 N–H and O–H groups in total. The molecule has 0 aliphatic carbocycles. The number of carboxylic acid groups (broad SMARTS) is 1. The molecular weight excluding hydrogens is 322 g/mol. The summed E-state index contributed by atoms with van der Waals surface area (Å²) >= 11 is 1.29. The molecule has 0 atom stereocenters. The first-order valence-electron chi connectivity index (χ1n) is 6.85. The molecule has 0 unspecified atom stereocenters. The SMILES string of the molecule is CCCCN(c1ccccc1C(=O)O)S(=O)(=O)c1ccsc1. The van der Waals surface area contributed by atoms with E-state index < -0.39 is 16.0 Å². The van der Waals surface area contributed by atoms with Gasteiger partial charge >= 0.3 is 5.97 Å². The highest BCUT2D eigenvalue weighted by Crippen LogP contribution is 2.28. The van der Waals surface area contributed by atoms with Crippen molar-refractivity contribution in [2.75, 3.05) is 10.8 Å². The van der Waals surface area contributed by atoms with Crippen molar-refractivity contribution in [3.05, 3.63) is 46.7 Å². The van der Waals surface area contributed by atoms with Gasteiger partial charge in [0.1, 0.15) is 0 Å². The van der Waals surface area contributed by atoms with Gasteiger partial charge in [-0.2, -0.15) is 11.3 Å². The summed E-state index contributed by atoms with van der Waals surface area (Å²) in [5.41, 5.74) is 0.187. The van der Waals surface area contributed by atoms with Gasteiger partial charge in [0.05, 0.1) is 16.1 Å². The number of sulfonamides is 1. The van der Waals surface area contributed by atoms with E-state index in [0.29, 0.717) is 6.42 Å². The maximum Gasteiger partial charge on any atom is 0.337 e. The van der Waals surface area contributed by atoms with E-state index in [2.05, 4.69) is 0 Å². The van der Waals surface area contributed by atoms with Crippen molar-refractivity contribution >= 4 is 33.0 Å². The number of carboxylic acids is 1. The van der Waals surface area contributed by atoms with Crippen molar-refractivity contribution in [2.24, 2.45) is 0 Å². The quantitative estimate of drug-likeness (QED) is 0.838. The van der Waals surface area contributed by atoms with Gasteiger partial charge in [0.2, 0.25) is 0 Å². The second-order valence-corrected chi connectivity index (χ2v) is 7.35. The molecule has 0 aliphatic rings. The maximum absolute atomic E-state index is 12.8. The van der Waals surface area contributed by atoms with Gasteiger partial charge in [-0.05, 0) is 30.0 Å². The molecule has 22 heavy (non-hydrogen) atoms. The van der Waals surface area contributed by atoms with Crippen LogP contribution in [0.5, 0.6) is 0 Å². The van der Waals surface area contributed by atoms with Crippen LogP contribution < -0.4 is 4.31 Å². The highest BCUT2D eigenvalue weighted by Gasteiger charge is 2.27. The van der Waals surface area contributed by atoms with Crippen LogP contribution in [0.2, 0.25) is 0 Å². The van der Waals surface area contributed by atoms with Gasteiger partial charge in [-0.15, -0.1) is 0 Å². The van der Waals surface area contributed by atoms with E-state index in [1.165, 1.54) is 33.8 Å². The normalized spacial score (nSPS) is 11.3. The molecule has 0 aliphatic heterocycles. The molecule has 5 nitrogen and oxygen atoms in total. The Balaban J connectivity index is 2.55. The Bertz CT molecular complexity index is 739. The van der Waals surface area contributed by atoms with E-state index in [-0.39, 0.29) is 22.7 Å². The smallest absolute Gasteiger partial charge is 0.337 e. The largest absolute Gasteiger partial charge is 0.478 e. The summed E-state index contributed by atoms with van der Waals surface area (Å²) in [5, 5.41) is 12.6. The fourth-order valence-electron chi connectivity index (χ4n) is 2.07. The minimum absolute atomic E-state index is 0.0163. The molecule has 118 valence electrons. The Hall–Kier alpha value is -1.86. The molecular formula is C15H17NO4S2. The average molecular weight is 339 g/mol. The molecule has 0 saturated carbocycles. The molecule has 2 aromatic rings. The van der Waals surface area contributed by atoms with Crippen molar-refractivity contribution in [2.45, 2.75) is 24.7 Å². The molecule has 1 heterocycles. The lowest BCUT2D eigenvalue weighted by Gasteiger charge is -2.25. The van der Waals surface area contributed by atoms with Crippen LogP contribution in [0.15, 0.2) is 46.0 Å². The summed E-state index contributed by atoms with van der Waals surface area (Å²) < 4.78 is 26.8. The Morgan fingerprint density at radius 2 is 2.00 bits per heavy atom. The van der Waals surface area contributed by atoms with Crippen molar-refractivity contribution in [3.8, 4) is 0 Å². The first kappa shape index (κ1) is 16.5. The van der Waals surface area contributed by atoms with E-state index in [0.717, 1.165) is 6.42 Å². The van der Waals surface area contributed by atoms with Crippen LogP contribution in [0.1, 0.15) is 30.1 Å². The van der Waals surface area contributed by atoms with Crippen LogP contribution in [-0.2, 0) is 10.0 Å². The zero-order chi connectivity index (χ0) is 16.2. The fourth-order valence-corrected chi connectivity index (χ4v) is 4.61. The first-order chi connectivity index (χ1) is 10.5. The van der Waals surface area contributed by atoms with E-state index in [4.69, 9.17) is 0 Å². The topological polar surface area (TPSA) is 74.7 Å². The molecule has 1 aromatic heterocycles. The van der Waals surface area contributed by atoms with Crippen LogP contribution in [0.4, 0.5) is 5.69 Å². The second-order valence-electron chi connectivity index (χ2n) is 4.71. The van der Waals surface area contributed by atoms with E-state index in [9.17, 15) is 18.3 Å². The summed E-state index contributed by atoms with van der Waals surface area (Å²) in [6, 6.07) is 7.71. The Morgan fingerprint density at radius 3 is 2.59 bits per heavy atom. The summed E-state index contributed by atoms with van der Waals surface area (Å²) in [5.74, 6) is -1.14. The van der Waals surface area contributed by atoms with E-state index >= 15 is 0 Å². The van der Waals surface area contributed by atoms with Gasteiger partial charge in [0.25, 0.3) is 10.0 Å². The summed E-state index contributed by atoms with van der Waals surface area (Å²) in [6.07, 6.45) is 1.46. The number of unbranched alkanes of at least 4 members (excludes halogenated alkanes) is 1. The van der Waals surface area contributed by atoms with Gasteiger partial charge in [-0.1, -0.05) is 25.5 Å².